The quantitative estimate of drug-likeness (QED) is 0.809. The smallest absolute Gasteiger partial charge is 0.360 e. The number of hydrogen-bond donors (Lipinski definition) is 0. The molecule has 20 heavy (non-hydrogen) atoms. The van der Waals surface area contributed by atoms with Crippen LogP contribution in [0, 0.1) is 6.92 Å². The summed E-state index contributed by atoms with van der Waals surface area (Å²) >= 11 is 6.30. The van der Waals surface area contributed by atoms with E-state index in [1.54, 1.807) is 4.68 Å². The number of aryl methyl sites for hydroxylation is 1. The van der Waals surface area contributed by atoms with Crippen molar-refractivity contribution in [3.8, 4) is 5.69 Å². The largest absolute Gasteiger partial charge is 0.464 e. The standard InChI is InChI=1S/C15H17ClN2O2/c1-9(2)14-12(16)13(15(19)20-4)17-18(14)11-7-5-6-10(3)8-11/h5-9H,1-4H3. The summed E-state index contributed by atoms with van der Waals surface area (Å²) in [6, 6.07) is 7.88. The molecule has 4 nitrogen and oxygen atoms in total. The number of hydrogen-bond acceptors (Lipinski definition) is 3. The van der Waals surface area contributed by atoms with Gasteiger partial charge in [-0.2, -0.15) is 5.10 Å². The zero-order chi connectivity index (χ0) is 14.9. The average Bonchev–Trinajstić information content (AvgIpc) is 2.75. The minimum atomic E-state index is -0.525. The Balaban J connectivity index is 2.66. The van der Waals surface area contributed by atoms with Crippen LogP contribution < -0.4 is 0 Å². The maximum Gasteiger partial charge on any atom is 0.360 e. The van der Waals surface area contributed by atoms with Gasteiger partial charge in [0.25, 0.3) is 0 Å². The highest BCUT2D eigenvalue weighted by molar-refractivity contribution is 6.34. The predicted molar refractivity (Wildman–Crippen MR) is 78.7 cm³/mol. The van der Waals surface area contributed by atoms with E-state index >= 15 is 0 Å². The Morgan fingerprint density at radius 3 is 2.65 bits per heavy atom. The summed E-state index contributed by atoms with van der Waals surface area (Å²) in [5, 5.41) is 4.68. The van der Waals surface area contributed by atoms with E-state index in [0.717, 1.165) is 16.9 Å². The van der Waals surface area contributed by atoms with Crippen LogP contribution in [-0.4, -0.2) is 22.9 Å². The third-order valence-electron chi connectivity index (χ3n) is 3.03. The van der Waals surface area contributed by atoms with E-state index in [-0.39, 0.29) is 11.6 Å². The van der Waals surface area contributed by atoms with Gasteiger partial charge in [-0.3, -0.25) is 0 Å². The van der Waals surface area contributed by atoms with Gasteiger partial charge in [0.1, 0.15) is 0 Å². The molecule has 106 valence electrons. The van der Waals surface area contributed by atoms with Gasteiger partial charge < -0.3 is 4.74 Å². The second-order valence-corrected chi connectivity index (χ2v) is 5.32. The summed E-state index contributed by atoms with van der Waals surface area (Å²) in [5.41, 5.74) is 2.95. The first kappa shape index (κ1) is 14.6. The number of ether oxygens (including phenoxy) is 1. The summed E-state index contributed by atoms with van der Waals surface area (Å²) in [5.74, 6) is -0.391. The molecule has 0 N–H and O–H groups in total. The van der Waals surface area contributed by atoms with E-state index in [1.807, 2.05) is 45.0 Å². The molecule has 1 heterocycles. The van der Waals surface area contributed by atoms with E-state index in [4.69, 9.17) is 16.3 Å². The van der Waals surface area contributed by atoms with Crippen molar-refractivity contribution in [1.82, 2.24) is 9.78 Å². The SMILES string of the molecule is COC(=O)c1nn(-c2cccc(C)c2)c(C(C)C)c1Cl. The Kier molecular flexibility index (Phi) is 4.14. The molecule has 0 spiro atoms. The van der Waals surface area contributed by atoms with Gasteiger partial charge in [0.05, 0.1) is 23.5 Å². The first-order valence-electron chi connectivity index (χ1n) is 6.39. The van der Waals surface area contributed by atoms with Crippen LogP contribution in [0.25, 0.3) is 5.69 Å². The van der Waals surface area contributed by atoms with E-state index in [0.29, 0.717) is 5.02 Å². The van der Waals surface area contributed by atoms with Crippen molar-refractivity contribution in [3.05, 3.63) is 46.2 Å². The minimum Gasteiger partial charge on any atom is -0.464 e. The Labute approximate surface area is 123 Å². The van der Waals surface area contributed by atoms with Crippen molar-refractivity contribution >= 4 is 17.6 Å². The molecular weight excluding hydrogens is 276 g/mol. The molecule has 0 atom stereocenters. The number of carbonyl (C=O) groups is 1. The second-order valence-electron chi connectivity index (χ2n) is 4.94. The molecule has 0 aliphatic rings. The van der Waals surface area contributed by atoms with E-state index < -0.39 is 5.97 Å². The maximum atomic E-state index is 11.7. The van der Waals surface area contributed by atoms with Gasteiger partial charge in [-0.15, -0.1) is 0 Å². The van der Waals surface area contributed by atoms with Gasteiger partial charge in [-0.05, 0) is 30.5 Å². The fourth-order valence-electron chi connectivity index (χ4n) is 2.09. The number of rotatable bonds is 3. The molecule has 0 radical (unpaired) electrons. The third kappa shape index (κ3) is 2.56. The Morgan fingerprint density at radius 1 is 1.40 bits per heavy atom. The molecule has 0 saturated carbocycles. The van der Waals surface area contributed by atoms with E-state index in [9.17, 15) is 4.79 Å². The van der Waals surface area contributed by atoms with Crippen LogP contribution in [0.15, 0.2) is 24.3 Å². The predicted octanol–water partition coefficient (Wildman–Crippen LogP) is 3.74. The van der Waals surface area contributed by atoms with Crippen LogP contribution in [0.1, 0.15) is 41.5 Å². The fourth-order valence-corrected chi connectivity index (χ4v) is 2.51. The first-order chi connectivity index (χ1) is 9.45. The first-order valence-corrected chi connectivity index (χ1v) is 6.77. The van der Waals surface area contributed by atoms with Gasteiger partial charge >= 0.3 is 5.97 Å². The summed E-state index contributed by atoms with van der Waals surface area (Å²) < 4.78 is 6.44. The zero-order valence-corrected chi connectivity index (χ0v) is 12.7. The molecule has 1 aromatic carbocycles. The molecule has 0 saturated heterocycles. The highest BCUT2D eigenvalue weighted by atomic mass is 35.5. The lowest BCUT2D eigenvalue weighted by Crippen LogP contribution is -2.06. The van der Waals surface area contributed by atoms with Crippen molar-refractivity contribution in [1.29, 1.82) is 0 Å². The Morgan fingerprint density at radius 2 is 2.10 bits per heavy atom. The maximum absolute atomic E-state index is 11.7. The van der Waals surface area contributed by atoms with Crippen LogP contribution in [0.3, 0.4) is 0 Å². The van der Waals surface area contributed by atoms with Crippen LogP contribution in [-0.2, 0) is 4.74 Å². The molecule has 2 aromatic rings. The number of esters is 1. The number of methoxy groups -OCH3 is 1. The Hall–Kier alpha value is -1.81. The van der Waals surface area contributed by atoms with E-state index in [2.05, 4.69) is 5.10 Å². The monoisotopic (exact) mass is 292 g/mol. The molecule has 0 aliphatic heterocycles. The summed E-state index contributed by atoms with van der Waals surface area (Å²) in [7, 11) is 1.32. The molecule has 0 bridgehead atoms. The molecule has 0 aliphatic carbocycles. The number of nitrogens with zero attached hydrogens (tertiary/aromatic N) is 2. The van der Waals surface area contributed by atoms with Crippen molar-refractivity contribution < 1.29 is 9.53 Å². The van der Waals surface area contributed by atoms with Crippen LogP contribution in [0.2, 0.25) is 5.02 Å². The lowest BCUT2D eigenvalue weighted by Gasteiger charge is -2.11. The normalized spacial score (nSPS) is 10.9. The summed E-state index contributed by atoms with van der Waals surface area (Å²) in [6.45, 7) is 6.03. The lowest BCUT2D eigenvalue weighted by atomic mass is 10.1. The van der Waals surface area contributed by atoms with E-state index in [1.165, 1.54) is 7.11 Å². The fraction of sp³-hybridized carbons (Fsp3) is 0.333. The Bertz CT molecular complexity index is 647. The molecule has 0 amide bonds. The molecular formula is C15H17ClN2O2. The van der Waals surface area contributed by atoms with Gasteiger partial charge in [0.15, 0.2) is 5.69 Å². The molecule has 5 heteroatoms. The minimum absolute atomic E-state index is 0.133. The molecule has 2 rings (SSSR count). The van der Waals surface area contributed by atoms with Crippen molar-refractivity contribution in [2.45, 2.75) is 26.7 Å². The zero-order valence-electron chi connectivity index (χ0n) is 12.0. The summed E-state index contributed by atoms with van der Waals surface area (Å²) in [4.78, 5) is 11.7. The van der Waals surface area contributed by atoms with Gasteiger partial charge in [-0.1, -0.05) is 37.6 Å². The number of halogens is 1. The van der Waals surface area contributed by atoms with Gasteiger partial charge in [0, 0.05) is 0 Å². The summed E-state index contributed by atoms with van der Waals surface area (Å²) in [6.07, 6.45) is 0. The average molecular weight is 293 g/mol. The van der Waals surface area contributed by atoms with Crippen LogP contribution >= 0.6 is 11.6 Å². The van der Waals surface area contributed by atoms with Crippen LogP contribution in [0.5, 0.6) is 0 Å². The third-order valence-corrected chi connectivity index (χ3v) is 3.41. The van der Waals surface area contributed by atoms with Crippen LogP contribution in [0.4, 0.5) is 0 Å². The number of aromatic nitrogens is 2. The molecule has 0 unspecified atom stereocenters. The molecule has 1 aromatic heterocycles. The number of benzene rings is 1. The number of carbonyl (C=O) groups excluding carboxylic acids is 1. The van der Waals surface area contributed by atoms with Gasteiger partial charge in [-0.25, -0.2) is 9.48 Å². The second kappa shape index (κ2) is 5.67. The molecule has 0 fully saturated rings. The highest BCUT2D eigenvalue weighted by Gasteiger charge is 2.24. The topological polar surface area (TPSA) is 44.1 Å². The highest BCUT2D eigenvalue weighted by Crippen LogP contribution is 2.30. The van der Waals surface area contributed by atoms with Crippen molar-refractivity contribution in [3.63, 3.8) is 0 Å². The van der Waals surface area contributed by atoms with Gasteiger partial charge in [0.2, 0.25) is 0 Å². The lowest BCUT2D eigenvalue weighted by molar-refractivity contribution is 0.0593. The van der Waals surface area contributed by atoms with Crippen molar-refractivity contribution in [2.75, 3.05) is 7.11 Å². The van der Waals surface area contributed by atoms with Crippen molar-refractivity contribution in [2.24, 2.45) is 0 Å².